The van der Waals surface area contributed by atoms with E-state index in [4.69, 9.17) is 0 Å². The molecule has 4 heteroatoms. The van der Waals surface area contributed by atoms with E-state index in [0.717, 1.165) is 6.07 Å². The van der Waals surface area contributed by atoms with Crippen molar-refractivity contribution in [3.63, 3.8) is 0 Å². The third kappa shape index (κ3) is 3.30. The second-order valence-electron chi connectivity index (χ2n) is 4.44. The molecule has 0 aromatic heterocycles. The van der Waals surface area contributed by atoms with Crippen molar-refractivity contribution in [1.29, 1.82) is 0 Å². The minimum absolute atomic E-state index is 0.327. The van der Waals surface area contributed by atoms with Crippen molar-refractivity contribution in [2.24, 2.45) is 0 Å². The van der Waals surface area contributed by atoms with Crippen molar-refractivity contribution in [3.8, 4) is 0 Å². The molecule has 87 valence electrons. The fourth-order valence-electron chi connectivity index (χ4n) is 1.66. The highest BCUT2D eigenvalue weighted by Crippen LogP contribution is 2.05. The van der Waals surface area contributed by atoms with Gasteiger partial charge in [-0.25, -0.2) is 8.78 Å². The molecular formula is C12H17BF2N. The molecule has 1 radical (unpaired) electrons. The van der Waals surface area contributed by atoms with Crippen molar-refractivity contribution in [1.82, 2.24) is 4.81 Å². The van der Waals surface area contributed by atoms with E-state index < -0.39 is 11.6 Å². The molecule has 0 bridgehead atoms. The van der Waals surface area contributed by atoms with Gasteiger partial charge in [-0.05, 0) is 24.2 Å². The Bertz CT molecular complexity index is 345. The molecule has 1 rings (SSSR count). The lowest BCUT2D eigenvalue weighted by molar-refractivity contribution is 0.315. The van der Waals surface area contributed by atoms with Crippen LogP contribution in [0.5, 0.6) is 0 Å². The Kier molecular flexibility index (Phi) is 4.48. The van der Waals surface area contributed by atoms with E-state index in [2.05, 4.69) is 32.5 Å². The van der Waals surface area contributed by atoms with E-state index in [9.17, 15) is 8.78 Å². The van der Waals surface area contributed by atoms with Crippen LogP contribution in [0.15, 0.2) is 18.2 Å². The molecule has 0 amide bonds. The third-order valence-electron chi connectivity index (χ3n) is 2.43. The van der Waals surface area contributed by atoms with Gasteiger partial charge in [-0.2, -0.15) is 0 Å². The zero-order valence-corrected chi connectivity index (χ0v) is 10.2. The largest absolute Gasteiger partial charge is 0.338 e. The first kappa shape index (κ1) is 13.2. The normalized spacial score (nSPS) is 11.6. The maximum atomic E-state index is 13.0. The molecule has 0 aliphatic carbocycles. The smallest absolute Gasteiger partial charge is 0.248 e. The number of benzene rings is 1. The predicted octanol–water partition coefficient (Wildman–Crippen LogP) is 2.33. The molecule has 1 aromatic rings. The van der Waals surface area contributed by atoms with Gasteiger partial charge in [-0.3, -0.25) is 0 Å². The van der Waals surface area contributed by atoms with E-state index in [1.54, 1.807) is 6.07 Å². The highest BCUT2D eigenvalue weighted by Gasteiger charge is 2.16. The summed E-state index contributed by atoms with van der Waals surface area (Å²) in [5, 5.41) is 0. The van der Waals surface area contributed by atoms with Crippen molar-refractivity contribution in [2.75, 3.05) is 0 Å². The molecule has 0 saturated carbocycles. The SMILES string of the molecule is CC(C)N([B]c1ccc(F)c(F)c1)C(C)C. The van der Waals surface area contributed by atoms with Crippen LogP contribution < -0.4 is 5.46 Å². The molecule has 0 saturated heterocycles. The second-order valence-corrected chi connectivity index (χ2v) is 4.44. The summed E-state index contributed by atoms with van der Waals surface area (Å²) in [4.78, 5) is 2.10. The van der Waals surface area contributed by atoms with Crippen LogP contribution in [-0.4, -0.2) is 24.3 Å². The van der Waals surface area contributed by atoms with E-state index in [0.29, 0.717) is 17.5 Å². The molecule has 0 aliphatic heterocycles. The van der Waals surface area contributed by atoms with Crippen LogP contribution in [-0.2, 0) is 0 Å². The van der Waals surface area contributed by atoms with Crippen LogP contribution >= 0.6 is 0 Å². The number of rotatable bonds is 4. The summed E-state index contributed by atoms with van der Waals surface area (Å²) in [6.07, 6.45) is 0. The van der Waals surface area contributed by atoms with Crippen LogP contribution in [0.2, 0.25) is 0 Å². The first-order chi connectivity index (χ1) is 7.41. The van der Waals surface area contributed by atoms with Gasteiger partial charge in [-0.1, -0.05) is 39.2 Å². The first-order valence-electron chi connectivity index (χ1n) is 5.49. The first-order valence-corrected chi connectivity index (χ1v) is 5.49. The fraction of sp³-hybridized carbons (Fsp3) is 0.500. The average molecular weight is 224 g/mol. The van der Waals surface area contributed by atoms with E-state index >= 15 is 0 Å². The lowest BCUT2D eigenvalue weighted by Crippen LogP contribution is -2.45. The minimum atomic E-state index is -0.808. The molecule has 0 heterocycles. The molecule has 0 aliphatic rings. The maximum absolute atomic E-state index is 13.0. The Morgan fingerprint density at radius 2 is 1.56 bits per heavy atom. The Morgan fingerprint density at radius 3 is 2.00 bits per heavy atom. The lowest BCUT2D eigenvalue weighted by Gasteiger charge is -2.30. The van der Waals surface area contributed by atoms with Crippen LogP contribution in [0, 0.1) is 11.6 Å². The standard InChI is InChI=1S/C12H17BF2N/c1-8(2)16(9(3)4)13-10-5-6-11(14)12(15)7-10/h5-9H,1-4H3. The van der Waals surface area contributed by atoms with E-state index in [1.165, 1.54) is 6.07 Å². The Balaban J connectivity index is 2.81. The Morgan fingerprint density at radius 1 is 1.00 bits per heavy atom. The van der Waals surface area contributed by atoms with Gasteiger partial charge in [-0.15, -0.1) is 0 Å². The Labute approximate surface area is 96.7 Å². The van der Waals surface area contributed by atoms with Gasteiger partial charge < -0.3 is 4.81 Å². The van der Waals surface area contributed by atoms with Gasteiger partial charge in [0.05, 0.1) is 0 Å². The molecule has 0 N–H and O–H groups in total. The predicted molar refractivity (Wildman–Crippen MR) is 63.9 cm³/mol. The summed E-state index contributed by atoms with van der Waals surface area (Å²) < 4.78 is 25.8. The summed E-state index contributed by atoms with van der Waals surface area (Å²) in [6.45, 7) is 8.26. The van der Waals surface area contributed by atoms with Crippen LogP contribution in [0.25, 0.3) is 0 Å². The molecule has 16 heavy (non-hydrogen) atoms. The average Bonchev–Trinajstić information content (AvgIpc) is 2.18. The molecular weight excluding hydrogens is 207 g/mol. The van der Waals surface area contributed by atoms with Crippen molar-refractivity contribution >= 4 is 12.9 Å². The molecule has 0 atom stereocenters. The topological polar surface area (TPSA) is 3.24 Å². The minimum Gasteiger partial charge on any atom is -0.338 e. The van der Waals surface area contributed by atoms with Crippen molar-refractivity contribution in [3.05, 3.63) is 29.8 Å². The molecule has 1 aromatic carbocycles. The highest BCUT2D eigenvalue weighted by molar-refractivity contribution is 6.50. The maximum Gasteiger partial charge on any atom is 0.248 e. The zero-order chi connectivity index (χ0) is 12.3. The molecule has 0 unspecified atom stereocenters. The van der Waals surface area contributed by atoms with Crippen molar-refractivity contribution < 1.29 is 8.78 Å². The summed E-state index contributed by atoms with van der Waals surface area (Å²) in [6, 6.07) is 4.60. The van der Waals surface area contributed by atoms with E-state index in [-0.39, 0.29) is 0 Å². The van der Waals surface area contributed by atoms with Gasteiger partial charge in [0.25, 0.3) is 0 Å². The number of nitrogens with zero attached hydrogens (tertiary/aromatic N) is 1. The van der Waals surface area contributed by atoms with Crippen molar-refractivity contribution in [2.45, 2.75) is 39.8 Å². The third-order valence-corrected chi connectivity index (χ3v) is 2.43. The van der Waals surface area contributed by atoms with Gasteiger partial charge in [0, 0.05) is 0 Å². The fourth-order valence-corrected chi connectivity index (χ4v) is 1.66. The summed E-state index contributed by atoms with van der Waals surface area (Å²) in [7, 11) is 1.86. The number of hydrogen-bond donors (Lipinski definition) is 0. The summed E-state index contributed by atoms with van der Waals surface area (Å²) in [5.41, 5.74) is 0.682. The van der Waals surface area contributed by atoms with Gasteiger partial charge in [0.1, 0.15) is 0 Å². The quantitative estimate of drug-likeness (QED) is 0.709. The summed E-state index contributed by atoms with van der Waals surface area (Å²) in [5.74, 6) is -1.61. The highest BCUT2D eigenvalue weighted by atomic mass is 19.2. The lowest BCUT2D eigenvalue weighted by atomic mass is 9.78. The number of halogens is 2. The Hall–Kier alpha value is -0.895. The van der Waals surface area contributed by atoms with E-state index in [1.807, 2.05) is 7.41 Å². The second kappa shape index (κ2) is 5.44. The van der Waals surface area contributed by atoms with Gasteiger partial charge >= 0.3 is 0 Å². The molecule has 0 spiro atoms. The van der Waals surface area contributed by atoms with Crippen LogP contribution in [0.1, 0.15) is 27.7 Å². The van der Waals surface area contributed by atoms with Crippen LogP contribution in [0.3, 0.4) is 0 Å². The van der Waals surface area contributed by atoms with Crippen LogP contribution in [0.4, 0.5) is 8.78 Å². The summed E-state index contributed by atoms with van der Waals surface area (Å²) >= 11 is 0. The zero-order valence-electron chi connectivity index (χ0n) is 10.2. The number of hydrogen-bond acceptors (Lipinski definition) is 1. The van der Waals surface area contributed by atoms with Gasteiger partial charge in [0.2, 0.25) is 7.41 Å². The molecule has 1 nitrogen and oxygen atoms in total. The monoisotopic (exact) mass is 224 g/mol. The van der Waals surface area contributed by atoms with Gasteiger partial charge in [0.15, 0.2) is 11.6 Å². The molecule has 0 fully saturated rings.